The Kier molecular flexibility index (Phi) is 5.48. The third-order valence-corrected chi connectivity index (χ3v) is 4.37. The summed E-state index contributed by atoms with van der Waals surface area (Å²) in [5, 5.41) is 4.24. The zero-order valence-corrected chi connectivity index (χ0v) is 13.4. The number of amides is 1. The van der Waals surface area contributed by atoms with Gasteiger partial charge in [-0.25, -0.2) is 0 Å². The highest BCUT2D eigenvalue weighted by molar-refractivity contribution is 7.98. The minimum Gasteiger partial charge on any atom is -0.338 e. The summed E-state index contributed by atoms with van der Waals surface area (Å²) in [5.41, 5.74) is 1.09. The summed E-state index contributed by atoms with van der Waals surface area (Å²) in [5.74, 6) is 1.34. The van der Waals surface area contributed by atoms with E-state index in [1.807, 2.05) is 36.7 Å². The Balaban J connectivity index is 1.85. The van der Waals surface area contributed by atoms with Crippen molar-refractivity contribution in [3.8, 4) is 0 Å². The van der Waals surface area contributed by atoms with E-state index in [0.29, 0.717) is 0 Å². The SMILES string of the molecule is CSCCN1CCN(C(=O)[C@H](C)n2cc(C)cn2)CC1. The monoisotopic (exact) mass is 296 g/mol. The topological polar surface area (TPSA) is 41.4 Å². The third-order valence-electron chi connectivity index (χ3n) is 3.78. The van der Waals surface area contributed by atoms with Crippen molar-refractivity contribution in [1.82, 2.24) is 19.6 Å². The Morgan fingerprint density at radius 1 is 1.40 bits per heavy atom. The van der Waals surface area contributed by atoms with Gasteiger partial charge in [-0.1, -0.05) is 0 Å². The molecule has 2 heterocycles. The molecule has 0 aliphatic carbocycles. The third kappa shape index (κ3) is 3.76. The van der Waals surface area contributed by atoms with Crippen LogP contribution < -0.4 is 0 Å². The number of hydrogen-bond donors (Lipinski definition) is 0. The minimum absolute atomic E-state index is 0.178. The van der Waals surface area contributed by atoms with Gasteiger partial charge in [0.25, 0.3) is 0 Å². The molecule has 1 fully saturated rings. The van der Waals surface area contributed by atoms with Crippen LogP contribution in [0.4, 0.5) is 0 Å². The molecule has 5 nitrogen and oxygen atoms in total. The van der Waals surface area contributed by atoms with E-state index in [0.717, 1.165) is 44.0 Å². The van der Waals surface area contributed by atoms with Gasteiger partial charge < -0.3 is 4.90 Å². The highest BCUT2D eigenvalue weighted by Gasteiger charge is 2.25. The Hall–Kier alpha value is -1.01. The minimum atomic E-state index is -0.207. The molecule has 1 aliphatic heterocycles. The van der Waals surface area contributed by atoms with E-state index < -0.39 is 0 Å². The van der Waals surface area contributed by atoms with Gasteiger partial charge in [0.15, 0.2) is 0 Å². The maximum atomic E-state index is 12.5. The molecule has 112 valence electrons. The summed E-state index contributed by atoms with van der Waals surface area (Å²) in [6.45, 7) is 8.67. The molecule has 1 atom stereocenters. The molecule has 0 aromatic carbocycles. The lowest BCUT2D eigenvalue weighted by Crippen LogP contribution is -2.50. The molecule has 1 aromatic heterocycles. The van der Waals surface area contributed by atoms with Gasteiger partial charge in [0.1, 0.15) is 6.04 Å². The molecule has 6 heteroatoms. The maximum Gasteiger partial charge on any atom is 0.247 e. The Morgan fingerprint density at radius 3 is 2.65 bits per heavy atom. The van der Waals surface area contributed by atoms with Gasteiger partial charge in [0.05, 0.1) is 6.20 Å². The van der Waals surface area contributed by atoms with Gasteiger partial charge >= 0.3 is 0 Å². The standard InChI is InChI=1S/C14H24N4OS/c1-12-10-15-18(11-12)13(2)14(19)17-6-4-16(5-7-17)8-9-20-3/h10-11,13H,4-9H2,1-3H3/t13-/m0/s1. The molecule has 0 saturated carbocycles. The maximum absolute atomic E-state index is 12.5. The van der Waals surface area contributed by atoms with E-state index in [1.165, 1.54) is 0 Å². The zero-order chi connectivity index (χ0) is 14.5. The predicted molar refractivity (Wildman–Crippen MR) is 83.1 cm³/mol. The van der Waals surface area contributed by atoms with Crippen molar-refractivity contribution in [3.63, 3.8) is 0 Å². The van der Waals surface area contributed by atoms with Crippen molar-refractivity contribution >= 4 is 17.7 Å². The van der Waals surface area contributed by atoms with Crippen molar-refractivity contribution in [2.45, 2.75) is 19.9 Å². The van der Waals surface area contributed by atoms with Gasteiger partial charge in [-0.05, 0) is 25.7 Å². The molecule has 20 heavy (non-hydrogen) atoms. The average Bonchev–Trinajstić information content (AvgIpc) is 2.90. The number of piperazine rings is 1. The molecular weight excluding hydrogens is 272 g/mol. The fourth-order valence-corrected chi connectivity index (χ4v) is 2.88. The fraction of sp³-hybridized carbons (Fsp3) is 0.714. The van der Waals surface area contributed by atoms with E-state index in [1.54, 1.807) is 10.9 Å². The molecule has 2 rings (SSSR count). The van der Waals surface area contributed by atoms with E-state index >= 15 is 0 Å². The highest BCUT2D eigenvalue weighted by atomic mass is 32.2. The highest BCUT2D eigenvalue weighted by Crippen LogP contribution is 2.12. The van der Waals surface area contributed by atoms with Gasteiger partial charge in [0, 0.05) is 44.7 Å². The molecule has 1 aromatic rings. The van der Waals surface area contributed by atoms with Crippen LogP contribution in [0.1, 0.15) is 18.5 Å². The smallest absolute Gasteiger partial charge is 0.247 e. The number of nitrogens with zero attached hydrogens (tertiary/aromatic N) is 4. The number of aryl methyl sites for hydroxylation is 1. The van der Waals surface area contributed by atoms with Crippen LogP contribution in [0.5, 0.6) is 0 Å². The van der Waals surface area contributed by atoms with Crippen LogP contribution in [-0.2, 0) is 4.79 Å². The quantitative estimate of drug-likeness (QED) is 0.820. The van der Waals surface area contributed by atoms with Crippen LogP contribution >= 0.6 is 11.8 Å². The summed E-state index contributed by atoms with van der Waals surface area (Å²) >= 11 is 1.87. The van der Waals surface area contributed by atoms with Crippen molar-refractivity contribution in [2.24, 2.45) is 0 Å². The first-order valence-electron chi connectivity index (χ1n) is 7.12. The molecule has 1 saturated heterocycles. The molecule has 0 N–H and O–H groups in total. The van der Waals surface area contributed by atoms with E-state index in [2.05, 4.69) is 16.3 Å². The molecule has 1 aliphatic rings. The summed E-state index contributed by atoms with van der Waals surface area (Å²) in [6, 6.07) is -0.207. The number of thioether (sulfide) groups is 1. The lowest BCUT2D eigenvalue weighted by atomic mass is 10.2. The number of hydrogen-bond acceptors (Lipinski definition) is 4. The first-order valence-corrected chi connectivity index (χ1v) is 8.52. The van der Waals surface area contributed by atoms with Crippen LogP contribution in [-0.4, -0.2) is 70.2 Å². The fourth-order valence-electron chi connectivity index (χ4n) is 2.43. The second kappa shape index (κ2) is 7.13. The van der Waals surface area contributed by atoms with Crippen LogP contribution in [0, 0.1) is 6.92 Å². The Bertz CT molecular complexity index is 440. The Morgan fingerprint density at radius 2 is 2.10 bits per heavy atom. The van der Waals surface area contributed by atoms with Gasteiger partial charge in [0.2, 0.25) is 5.91 Å². The number of rotatable bonds is 5. The van der Waals surface area contributed by atoms with Crippen molar-refractivity contribution in [3.05, 3.63) is 18.0 Å². The summed E-state index contributed by atoms with van der Waals surface area (Å²) in [4.78, 5) is 16.9. The van der Waals surface area contributed by atoms with E-state index in [-0.39, 0.29) is 11.9 Å². The lowest BCUT2D eigenvalue weighted by Gasteiger charge is -2.35. The first-order chi connectivity index (χ1) is 9.61. The molecule has 1 amide bonds. The van der Waals surface area contributed by atoms with Gasteiger partial charge in [-0.2, -0.15) is 16.9 Å². The summed E-state index contributed by atoms with van der Waals surface area (Å²) in [7, 11) is 0. The summed E-state index contributed by atoms with van der Waals surface area (Å²) < 4.78 is 1.76. The van der Waals surface area contributed by atoms with Crippen molar-refractivity contribution < 1.29 is 4.79 Å². The normalized spacial score (nSPS) is 18.2. The van der Waals surface area contributed by atoms with Gasteiger partial charge in [-0.3, -0.25) is 14.4 Å². The molecular formula is C14H24N4OS. The van der Waals surface area contributed by atoms with Crippen LogP contribution in [0.3, 0.4) is 0 Å². The zero-order valence-electron chi connectivity index (χ0n) is 12.6. The second-order valence-electron chi connectivity index (χ2n) is 5.33. The predicted octanol–water partition coefficient (Wildman–Crippen LogP) is 1.26. The van der Waals surface area contributed by atoms with E-state index in [4.69, 9.17) is 0 Å². The molecule has 0 radical (unpaired) electrons. The average molecular weight is 296 g/mol. The lowest BCUT2D eigenvalue weighted by molar-refractivity contribution is -0.136. The number of carbonyl (C=O) groups excluding carboxylic acids is 1. The van der Waals surface area contributed by atoms with Crippen LogP contribution in [0.2, 0.25) is 0 Å². The number of aromatic nitrogens is 2. The first kappa shape index (κ1) is 15.4. The second-order valence-corrected chi connectivity index (χ2v) is 6.32. The van der Waals surface area contributed by atoms with Gasteiger partial charge in [-0.15, -0.1) is 0 Å². The van der Waals surface area contributed by atoms with Crippen LogP contribution in [0.15, 0.2) is 12.4 Å². The van der Waals surface area contributed by atoms with Crippen molar-refractivity contribution in [2.75, 3.05) is 44.7 Å². The largest absolute Gasteiger partial charge is 0.338 e. The molecule has 0 unspecified atom stereocenters. The van der Waals surface area contributed by atoms with Crippen molar-refractivity contribution in [1.29, 1.82) is 0 Å². The number of carbonyl (C=O) groups is 1. The van der Waals surface area contributed by atoms with E-state index in [9.17, 15) is 4.79 Å². The van der Waals surface area contributed by atoms with Crippen LogP contribution in [0.25, 0.3) is 0 Å². The summed E-state index contributed by atoms with van der Waals surface area (Å²) in [6.07, 6.45) is 5.86. The molecule has 0 spiro atoms. The Labute approximate surface area is 125 Å². The molecule has 0 bridgehead atoms.